The van der Waals surface area contributed by atoms with E-state index in [0.717, 1.165) is 34.3 Å². The number of rotatable bonds is 5. The lowest BCUT2D eigenvalue weighted by Crippen LogP contribution is -2.03. The number of hydrogen-bond donors (Lipinski definition) is 2. The van der Waals surface area contributed by atoms with Crippen molar-refractivity contribution in [3.05, 3.63) is 40.4 Å². The molecule has 2 aromatic heterocycles. The fourth-order valence-corrected chi connectivity index (χ4v) is 3.31. The highest BCUT2D eigenvalue weighted by atomic mass is 35.5. The standard InChI is InChI=1S/C14H14ClN5S2/c1-16-12-11-13(19-14(21)18-12)17-8-20(11)6-7-22-10-4-2-9(15)3-5-10/h2-5,8H,6-7H2,1H3,(H2,16,18,19,21). The number of H-pyrrole nitrogens is 1. The number of imidazole rings is 1. The van der Waals surface area contributed by atoms with Crippen molar-refractivity contribution < 1.29 is 0 Å². The van der Waals surface area contributed by atoms with Gasteiger partial charge in [0.05, 0.1) is 6.33 Å². The molecule has 0 saturated carbocycles. The van der Waals surface area contributed by atoms with E-state index < -0.39 is 0 Å². The molecule has 0 aliphatic rings. The summed E-state index contributed by atoms with van der Waals surface area (Å²) in [4.78, 5) is 12.9. The highest BCUT2D eigenvalue weighted by molar-refractivity contribution is 7.99. The van der Waals surface area contributed by atoms with Gasteiger partial charge in [-0.05, 0) is 36.5 Å². The van der Waals surface area contributed by atoms with Gasteiger partial charge in [-0.3, -0.25) is 0 Å². The molecule has 2 N–H and O–H groups in total. The van der Waals surface area contributed by atoms with Crippen molar-refractivity contribution >= 4 is 52.6 Å². The van der Waals surface area contributed by atoms with E-state index in [1.54, 1.807) is 18.1 Å². The molecular weight excluding hydrogens is 338 g/mol. The Morgan fingerprint density at radius 1 is 1.36 bits per heavy atom. The van der Waals surface area contributed by atoms with Crippen LogP contribution in [0.5, 0.6) is 0 Å². The average molecular weight is 352 g/mol. The highest BCUT2D eigenvalue weighted by Crippen LogP contribution is 2.22. The first-order valence-electron chi connectivity index (χ1n) is 6.68. The van der Waals surface area contributed by atoms with Crippen LogP contribution in [0.3, 0.4) is 0 Å². The van der Waals surface area contributed by atoms with E-state index in [-0.39, 0.29) is 0 Å². The molecule has 0 unspecified atom stereocenters. The van der Waals surface area contributed by atoms with Crippen molar-refractivity contribution in [1.29, 1.82) is 0 Å². The van der Waals surface area contributed by atoms with Crippen molar-refractivity contribution in [2.45, 2.75) is 11.4 Å². The number of aryl methyl sites for hydroxylation is 1. The number of benzene rings is 1. The zero-order chi connectivity index (χ0) is 15.5. The minimum atomic E-state index is 0.428. The Bertz CT molecular complexity index is 841. The zero-order valence-corrected chi connectivity index (χ0v) is 14.2. The number of aromatic nitrogens is 4. The summed E-state index contributed by atoms with van der Waals surface area (Å²) >= 11 is 12.8. The summed E-state index contributed by atoms with van der Waals surface area (Å²) in [5.41, 5.74) is 1.69. The molecule has 1 aromatic carbocycles. The van der Waals surface area contributed by atoms with E-state index in [1.807, 2.05) is 31.3 Å². The third-order valence-corrected chi connectivity index (χ3v) is 4.59. The van der Waals surface area contributed by atoms with Crippen LogP contribution in [0.15, 0.2) is 35.5 Å². The Morgan fingerprint density at radius 2 is 2.14 bits per heavy atom. The van der Waals surface area contributed by atoms with E-state index in [1.165, 1.54) is 4.90 Å². The second-order valence-corrected chi connectivity index (χ2v) is 6.57. The Labute approximate surface area is 142 Å². The number of halogens is 1. The normalized spacial score (nSPS) is 11.0. The van der Waals surface area contributed by atoms with Gasteiger partial charge in [0.2, 0.25) is 4.77 Å². The number of nitrogens with zero attached hydrogens (tertiary/aromatic N) is 3. The van der Waals surface area contributed by atoms with Gasteiger partial charge in [0, 0.05) is 29.3 Å². The zero-order valence-electron chi connectivity index (χ0n) is 11.8. The van der Waals surface area contributed by atoms with Gasteiger partial charge in [-0.15, -0.1) is 11.8 Å². The monoisotopic (exact) mass is 351 g/mol. The molecule has 114 valence electrons. The predicted molar refractivity (Wildman–Crippen MR) is 94.4 cm³/mol. The van der Waals surface area contributed by atoms with E-state index in [0.29, 0.717) is 4.77 Å². The van der Waals surface area contributed by atoms with Gasteiger partial charge in [0.15, 0.2) is 11.5 Å². The SMILES string of the molecule is CNc1nc(=S)[nH]c2ncn(CCSc3ccc(Cl)cc3)c12. The Hall–Kier alpha value is -1.57. The average Bonchev–Trinajstić information content (AvgIpc) is 2.91. The van der Waals surface area contributed by atoms with Crippen LogP contribution >= 0.6 is 35.6 Å². The van der Waals surface area contributed by atoms with Crippen molar-refractivity contribution in [1.82, 2.24) is 19.5 Å². The van der Waals surface area contributed by atoms with Gasteiger partial charge in [0.25, 0.3) is 0 Å². The van der Waals surface area contributed by atoms with Crippen LogP contribution in [0.4, 0.5) is 5.82 Å². The highest BCUT2D eigenvalue weighted by Gasteiger charge is 2.09. The number of aromatic amines is 1. The number of fused-ring (bicyclic) bond motifs is 1. The van der Waals surface area contributed by atoms with Crippen molar-refractivity contribution in [2.24, 2.45) is 0 Å². The molecule has 0 radical (unpaired) electrons. The second-order valence-electron chi connectivity index (χ2n) is 4.58. The molecule has 0 amide bonds. The lowest BCUT2D eigenvalue weighted by molar-refractivity contribution is 0.795. The molecule has 0 spiro atoms. The first-order chi connectivity index (χ1) is 10.7. The van der Waals surface area contributed by atoms with Gasteiger partial charge in [0.1, 0.15) is 5.52 Å². The van der Waals surface area contributed by atoms with E-state index >= 15 is 0 Å². The summed E-state index contributed by atoms with van der Waals surface area (Å²) in [6.45, 7) is 0.824. The predicted octanol–water partition coefficient (Wildman–Crippen LogP) is 3.98. The first kappa shape index (κ1) is 15.3. The minimum Gasteiger partial charge on any atom is -0.371 e. The van der Waals surface area contributed by atoms with E-state index in [9.17, 15) is 0 Å². The van der Waals surface area contributed by atoms with Crippen LogP contribution in [-0.4, -0.2) is 32.3 Å². The van der Waals surface area contributed by atoms with Crippen LogP contribution in [0, 0.1) is 4.77 Å². The molecule has 0 aliphatic carbocycles. The Kier molecular flexibility index (Phi) is 4.66. The Balaban J connectivity index is 1.76. The van der Waals surface area contributed by atoms with Gasteiger partial charge in [-0.2, -0.15) is 0 Å². The summed E-state index contributed by atoms with van der Waals surface area (Å²) < 4.78 is 2.50. The maximum atomic E-state index is 5.89. The molecular formula is C14H14ClN5S2. The lowest BCUT2D eigenvalue weighted by atomic mass is 10.4. The second kappa shape index (κ2) is 6.68. The van der Waals surface area contributed by atoms with Gasteiger partial charge in [-0.25, -0.2) is 9.97 Å². The summed E-state index contributed by atoms with van der Waals surface area (Å²) in [5.74, 6) is 1.67. The van der Waals surface area contributed by atoms with Crippen LogP contribution in [0.1, 0.15) is 0 Å². The molecule has 0 saturated heterocycles. The van der Waals surface area contributed by atoms with Gasteiger partial charge >= 0.3 is 0 Å². The maximum absolute atomic E-state index is 5.89. The molecule has 0 fully saturated rings. The molecule has 22 heavy (non-hydrogen) atoms. The third kappa shape index (κ3) is 3.26. The van der Waals surface area contributed by atoms with Crippen LogP contribution in [-0.2, 0) is 6.54 Å². The quantitative estimate of drug-likeness (QED) is 0.538. The number of anilines is 1. The Morgan fingerprint density at radius 3 is 2.86 bits per heavy atom. The molecule has 2 heterocycles. The smallest absolute Gasteiger partial charge is 0.200 e. The lowest BCUT2D eigenvalue weighted by Gasteiger charge is -2.07. The van der Waals surface area contributed by atoms with Crippen LogP contribution in [0.25, 0.3) is 11.2 Å². The number of hydrogen-bond acceptors (Lipinski definition) is 5. The number of nitrogens with one attached hydrogen (secondary N) is 2. The summed E-state index contributed by atoms with van der Waals surface area (Å²) in [6.07, 6.45) is 1.81. The summed E-state index contributed by atoms with van der Waals surface area (Å²) in [7, 11) is 1.83. The van der Waals surface area contributed by atoms with Crippen molar-refractivity contribution in [3.8, 4) is 0 Å². The largest absolute Gasteiger partial charge is 0.371 e. The summed E-state index contributed by atoms with van der Waals surface area (Å²) in [5, 5.41) is 3.83. The summed E-state index contributed by atoms with van der Waals surface area (Å²) in [6, 6.07) is 7.85. The maximum Gasteiger partial charge on any atom is 0.200 e. The van der Waals surface area contributed by atoms with Crippen molar-refractivity contribution in [2.75, 3.05) is 18.1 Å². The third-order valence-electron chi connectivity index (χ3n) is 3.15. The molecule has 3 aromatic rings. The minimum absolute atomic E-state index is 0.428. The van der Waals surface area contributed by atoms with Crippen LogP contribution in [0.2, 0.25) is 5.02 Å². The molecule has 5 nitrogen and oxygen atoms in total. The fourth-order valence-electron chi connectivity index (χ4n) is 2.14. The topological polar surface area (TPSA) is 58.5 Å². The molecule has 0 aliphatic heterocycles. The molecule has 3 rings (SSSR count). The number of thioether (sulfide) groups is 1. The molecule has 8 heteroatoms. The molecule has 0 bridgehead atoms. The van der Waals surface area contributed by atoms with Crippen molar-refractivity contribution in [3.63, 3.8) is 0 Å². The van der Waals surface area contributed by atoms with Gasteiger partial charge < -0.3 is 14.9 Å². The first-order valence-corrected chi connectivity index (χ1v) is 8.46. The molecule has 0 atom stereocenters. The fraction of sp³-hybridized carbons (Fsp3) is 0.214. The van der Waals surface area contributed by atoms with E-state index in [2.05, 4.69) is 24.8 Å². The van der Waals surface area contributed by atoms with E-state index in [4.69, 9.17) is 23.8 Å². The van der Waals surface area contributed by atoms with Crippen LogP contribution < -0.4 is 5.32 Å². The van der Waals surface area contributed by atoms with Gasteiger partial charge in [-0.1, -0.05) is 11.6 Å².